The smallest absolute Gasteiger partial charge is 0.164 e. The van der Waals surface area contributed by atoms with Gasteiger partial charge < -0.3 is 0 Å². The third-order valence-electron chi connectivity index (χ3n) is 3.49. The third kappa shape index (κ3) is 2.81. The quantitative estimate of drug-likeness (QED) is 0.594. The predicted molar refractivity (Wildman–Crippen MR) is 85.5 cm³/mol. The minimum atomic E-state index is 0.258. The van der Waals surface area contributed by atoms with Gasteiger partial charge in [0.15, 0.2) is 5.78 Å². The molecule has 0 saturated carbocycles. The Morgan fingerprint density at radius 2 is 1.80 bits per heavy atom. The molecule has 100 valence electrons. The van der Waals surface area contributed by atoms with Crippen LogP contribution in [-0.2, 0) is 6.42 Å². The minimum absolute atomic E-state index is 0.258. The fourth-order valence-corrected chi connectivity index (χ4v) is 3.38. The molecular weight excluding hydrogens is 264 g/mol. The van der Waals surface area contributed by atoms with Crippen LogP contribution in [0.2, 0.25) is 0 Å². The van der Waals surface area contributed by atoms with E-state index in [1.165, 1.54) is 10.9 Å². The second-order valence-corrected chi connectivity index (χ2v) is 5.82. The lowest BCUT2D eigenvalue weighted by Gasteiger charge is -2.03. The molecule has 2 heteroatoms. The van der Waals surface area contributed by atoms with Gasteiger partial charge in [-0.1, -0.05) is 42.5 Å². The number of fused-ring (bicyclic) bond motifs is 1. The highest BCUT2D eigenvalue weighted by Gasteiger charge is 2.10. The summed E-state index contributed by atoms with van der Waals surface area (Å²) >= 11 is 1.65. The lowest BCUT2D eigenvalue weighted by atomic mass is 10.0. The Balaban J connectivity index is 1.66. The van der Waals surface area contributed by atoms with E-state index >= 15 is 0 Å². The summed E-state index contributed by atoms with van der Waals surface area (Å²) in [6.45, 7) is 0. The van der Waals surface area contributed by atoms with Gasteiger partial charge in [-0.25, -0.2) is 0 Å². The molecule has 0 aliphatic heterocycles. The standard InChI is InChI=1S/C18H16OS/c19-17(11-4-8-14-6-2-1-3-7-14)16-10-5-9-15-12-13-20-18(15)16/h1-3,5-7,9-10,12-13H,4,8,11H2. The molecule has 0 spiro atoms. The van der Waals surface area contributed by atoms with E-state index in [9.17, 15) is 4.79 Å². The number of carbonyl (C=O) groups is 1. The van der Waals surface area contributed by atoms with Gasteiger partial charge in [0.2, 0.25) is 0 Å². The lowest BCUT2D eigenvalue weighted by molar-refractivity contribution is 0.0982. The Morgan fingerprint density at radius 3 is 2.65 bits per heavy atom. The summed E-state index contributed by atoms with van der Waals surface area (Å²) in [6.07, 6.45) is 2.49. The molecule has 3 aromatic rings. The maximum atomic E-state index is 12.4. The topological polar surface area (TPSA) is 17.1 Å². The van der Waals surface area contributed by atoms with Crippen molar-refractivity contribution in [2.24, 2.45) is 0 Å². The minimum Gasteiger partial charge on any atom is -0.294 e. The summed E-state index contributed by atoms with van der Waals surface area (Å²) in [5, 5.41) is 3.22. The highest BCUT2D eigenvalue weighted by atomic mass is 32.1. The van der Waals surface area contributed by atoms with E-state index in [-0.39, 0.29) is 5.78 Å². The van der Waals surface area contributed by atoms with Crippen LogP contribution in [0.15, 0.2) is 60.0 Å². The molecule has 2 aromatic carbocycles. The number of ketones is 1. The Morgan fingerprint density at radius 1 is 0.950 bits per heavy atom. The van der Waals surface area contributed by atoms with Crippen molar-refractivity contribution in [3.05, 3.63) is 71.1 Å². The largest absolute Gasteiger partial charge is 0.294 e. The SMILES string of the molecule is O=C(CCCc1ccccc1)c1cccc2ccsc12. The molecule has 0 aliphatic carbocycles. The molecule has 0 amide bonds. The first-order valence-corrected chi connectivity index (χ1v) is 7.76. The maximum absolute atomic E-state index is 12.4. The lowest BCUT2D eigenvalue weighted by Crippen LogP contribution is -2.00. The van der Waals surface area contributed by atoms with Crippen LogP contribution >= 0.6 is 11.3 Å². The first-order valence-electron chi connectivity index (χ1n) is 6.88. The molecule has 0 bridgehead atoms. The van der Waals surface area contributed by atoms with Crippen molar-refractivity contribution < 1.29 is 4.79 Å². The zero-order chi connectivity index (χ0) is 13.8. The first-order chi connectivity index (χ1) is 9.84. The zero-order valence-corrected chi connectivity index (χ0v) is 12.0. The molecule has 0 radical (unpaired) electrons. The number of benzene rings is 2. The van der Waals surface area contributed by atoms with E-state index in [1.807, 2.05) is 35.7 Å². The average molecular weight is 280 g/mol. The molecule has 0 N–H and O–H groups in total. The molecule has 0 saturated heterocycles. The number of Topliss-reactive ketones (excluding diaryl/α,β-unsaturated/α-hetero) is 1. The van der Waals surface area contributed by atoms with Crippen molar-refractivity contribution in [1.82, 2.24) is 0 Å². The maximum Gasteiger partial charge on any atom is 0.164 e. The molecule has 0 fully saturated rings. The summed E-state index contributed by atoms with van der Waals surface area (Å²) in [6, 6.07) is 18.4. The fourth-order valence-electron chi connectivity index (χ4n) is 2.45. The summed E-state index contributed by atoms with van der Waals surface area (Å²) in [5.74, 6) is 0.258. The van der Waals surface area contributed by atoms with Crippen LogP contribution in [0.4, 0.5) is 0 Å². The van der Waals surface area contributed by atoms with E-state index in [0.29, 0.717) is 6.42 Å². The van der Waals surface area contributed by atoms with Crippen LogP contribution < -0.4 is 0 Å². The molecule has 20 heavy (non-hydrogen) atoms. The van der Waals surface area contributed by atoms with Crippen LogP contribution in [0.1, 0.15) is 28.8 Å². The second-order valence-electron chi connectivity index (χ2n) is 4.91. The van der Waals surface area contributed by atoms with Crippen LogP contribution in [0, 0.1) is 0 Å². The Labute approximate surface area is 122 Å². The average Bonchev–Trinajstić information content (AvgIpc) is 2.96. The van der Waals surface area contributed by atoms with Gasteiger partial charge in [0, 0.05) is 16.7 Å². The van der Waals surface area contributed by atoms with E-state index in [2.05, 4.69) is 24.3 Å². The summed E-state index contributed by atoms with van der Waals surface area (Å²) in [4.78, 5) is 12.4. The number of rotatable bonds is 5. The Kier molecular flexibility index (Phi) is 3.93. The monoisotopic (exact) mass is 280 g/mol. The second kappa shape index (κ2) is 6.02. The highest BCUT2D eigenvalue weighted by Crippen LogP contribution is 2.26. The molecule has 0 atom stereocenters. The van der Waals surface area contributed by atoms with Crippen LogP contribution in [0.5, 0.6) is 0 Å². The van der Waals surface area contributed by atoms with Gasteiger partial charge in [-0.3, -0.25) is 4.79 Å². The van der Waals surface area contributed by atoms with Gasteiger partial charge in [-0.2, -0.15) is 0 Å². The normalized spacial score (nSPS) is 10.8. The van der Waals surface area contributed by atoms with Gasteiger partial charge in [0.05, 0.1) is 0 Å². The van der Waals surface area contributed by atoms with Crippen molar-refractivity contribution in [3.63, 3.8) is 0 Å². The number of thiophene rings is 1. The number of aryl methyl sites for hydroxylation is 1. The van der Waals surface area contributed by atoms with Gasteiger partial charge in [-0.15, -0.1) is 11.3 Å². The third-order valence-corrected chi connectivity index (χ3v) is 4.45. The number of hydrogen-bond donors (Lipinski definition) is 0. The van der Waals surface area contributed by atoms with Crippen LogP contribution in [0.25, 0.3) is 10.1 Å². The van der Waals surface area contributed by atoms with Crippen molar-refractivity contribution >= 4 is 27.2 Å². The molecular formula is C18H16OS. The van der Waals surface area contributed by atoms with Crippen molar-refractivity contribution in [1.29, 1.82) is 0 Å². The van der Waals surface area contributed by atoms with Gasteiger partial charge in [0.1, 0.15) is 0 Å². The molecule has 0 unspecified atom stereocenters. The van der Waals surface area contributed by atoms with E-state index in [4.69, 9.17) is 0 Å². The van der Waals surface area contributed by atoms with Crippen LogP contribution in [-0.4, -0.2) is 5.78 Å². The highest BCUT2D eigenvalue weighted by molar-refractivity contribution is 7.17. The number of hydrogen-bond acceptors (Lipinski definition) is 2. The zero-order valence-electron chi connectivity index (χ0n) is 11.2. The predicted octanol–water partition coefficient (Wildman–Crippen LogP) is 5.11. The van der Waals surface area contributed by atoms with Crippen molar-refractivity contribution in [3.8, 4) is 0 Å². The first kappa shape index (κ1) is 13.1. The van der Waals surface area contributed by atoms with Crippen molar-refractivity contribution in [2.45, 2.75) is 19.3 Å². The van der Waals surface area contributed by atoms with E-state index in [0.717, 1.165) is 23.1 Å². The Bertz CT molecular complexity index is 712. The van der Waals surface area contributed by atoms with Crippen molar-refractivity contribution in [2.75, 3.05) is 0 Å². The van der Waals surface area contributed by atoms with Crippen LogP contribution in [0.3, 0.4) is 0 Å². The molecule has 1 heterocycles. The van der Waals surface area contributed by atoms with Gasteiger partial charge in [-0.05, 0) is 41.3 Å². The van der Waals surface area contributed by atoms with E-state index in [1.54, 1.807) is 11.3 Å². The van der Waals surface area contributed by atoms with Gasteiger partial charge in [0.25, 0.3) is 0 Å². The summed E-state index contributed by atoms with van der Waals surface area (Å²) < 4.78 is 1.12. The molecule has 0 aliphatic rings. The number of carbonyl (C=O) groups excluding carboxylic acids is 1. The van der Waals surface area contributed by atoms with E-state index < -0.39 is 0 Å². The summed E-state index contributed by atoms with van der Waals surface area (Å²) in [7, 11) is 0. The molecule has 1 nitrogen and oxygen atoms in total. The fraction of sp³-hybridized carbons (Fsp3) is 0.167. The molecule has 3 rings (SSSR count). The Hall–Kier alpha value is -1.93. The molecule has 1 aromatic heterocycles. The summed E-state index contributed by atoms with van der Waals surface area (Å²) in [5.41, 5.74) is 2.18. The van der Waals surface area contributed by atoms with Gasteiger partial charge >= 0.3 is 0 Å².